The molecule has 30 heteroatoms. The maximum Gasteiger partial charge on any atom is 0.411 e. The summed E-state index contributed by atoms with van der Waals surface area (Å²) in [6.45, 7) is 9.81. The summed E-state index contributed by atoms with van der Waals surface area (Å²) < 4.78 is 144. The highest BCUT2D eigenvalue weighted by Gasteiger charge is 2.59. The number of nitrogens with zero attached hydrogens (tertiary/aromatic N) is 3. The molecule has 105 heavy (non-hydrogen) atoms. The number of carbonyl (C=O) groups is 8. The van der Waals surface area contributed by atoms with Crippen molar-refractivity contribution >= 4 is 67.3 Å². The summed E-state index contributed by atoms with van der Waals surface area (Å²) in [4.78, 5) is 103. The Morgan fingerprint density at radius 3 is 1.26 bits per heavy atom. The number of halogens is 6. The second-order valence-corrected chi connectivity index (χ2v) is 34.0. The van der Waals surface area contributed by atoms with Crippen LogP contribution in [0.4, 0.5) is 31.1 Å². The number of rotatable bonds is 19. The topological polar surface area (TPSA) is 324 Å². The number of aryl methyl sites for hydroxylation is 3. The summed E-state index contributed by atoms with van der Waals surface area (Å²) in [5.41, 5.74) is 6.50. The zero-order chi connectivity index (χ0) is 76.4. The number of esters is 1. The summed E-state index contributed by atoms with van der Waals surface area (Å²) in [7, 11) is -7.10. The van der Waals surface area contributed by atoms with Crippen molar-refractivity contribution in [1.29, 1.82) is 0 Å². The lowest BCUT2D eigenvalue weighted by molar-refractivity contribution is -0.142. The van der Waals surface area contributed by atoms with E-state index in [1.54, 1.807) is 27.7 Å². The number of fused-ring (bicyclic) bond motifs is 3. The summed E-state index contributed by atoms with van der Waals surface area (Å²) in [5.74, 6) is -9.41. The van der Waals surface area contributed by atoms with Gasteiger partial charge in [0.2, 0.25) is 11.8 Å². The number of piperidine rings is 3. The number of amides is 5. The molecule has 0 unspecified atom stereocenters. The second-order valence-electron chi connectivity index (χ2n) is 30.0. The molecule has 3 heterocycles. The number of carboxylic acids is 2. The molecule has 0 aromatic heterocycles. The maximum absolute atomic E-state index is 14.8. The normalized spacial score (nSPS) is 23.9. The average Bonchev–Trinajstić information content (AvgIpc) is 1.59. The molecule has 6 aliphatic carbocycles. The van der Waals surface area contributed by atoms with Gasteiger partial charge in [0.05, 0.1) is 29.0 Å². The van der Waals surface area contributed by atoms with Gasteiger partial charge in [-0.15, -0.1) is 0 Å². The number of nitrogens with two attached hydrogens (primary N) is 1. The zero-order valence-electron chi connectivity index (χ0n) is 58.8. The van der Waals surface area contributed by atoms with Gasteiger partial charge in [0.15, 0.2) is 31.2 Å². The highest BCUT2D eigenvalue weighted by molar-refractivity contribution is 7.92. The molecule has 9 fully saturated rings. The van der Waals surface area contributed by atoms with E-state index < -0.39 is 138 Å². The van der Waals surface area contributed by atoms with Gasteiger partial charge < -0.3 is 45.9 Å². The van der Waals surface area contributed by atoms with Crippen molar-refractivity contribution in [1.82, 2.24) is 25.3 Å². The predicted molar refractivity (Wildman–Crippen MR) is 366 cm³/mol. The number of aliphatic carboxylic acids is 2. The lowest BCUT2D eigenvalue weighted by Crippen LogP contribution is -2.49. The molecule has 0 spiro atoms. The van der Waals surface area contributed by atoms with Crippen LogP contribution in [0.1, 0.15) is 170 Å². The van der Waals surface area contributed by atoms with E-state index in [2.05, 4.69) is 15.4 Å². The molecule has 5 aromatic carbocycles. The Labute approximate surface area is 603 Å². The molecule has 5 aromatic rings. The molecule has 3 saturated heterocycles. The Balaban J connectivity index is 0.000000152. The molecule has 22 nitrogen and oxygen atoms in total. The number of methoxy groups -OCH3 is 1. The van der Waals surface area contributed by atoms with Crippen molar-refractivity contribution in [3.63, 3.8) is 0 Å². The number of hydrogen-bond acceptors (Lipinski definition) is 15. The monoisotopic (exact) mass is 1500 g/mol. The van der Waals surface area contributed by atoms with Crippen LogP contribution in [0, 0.1) is 91.2 Å². The summed E-state index contributed by atoms with van der Waals surface area (Å²) in [6, 6.07) is 13.0. The SMILES string of the molecule is CC(C)(C)OC(=O)N1[C@@H](C(=O)O)C[C@H]2C[C@H]21.COC(=O)CS(=O)(=O)c1cccc(C(=O)N2[C@@H](C(=O)N[C@@H](c3cc(F)c(C)cc3F)C3CC3)C[C@H]3C[C@H]32)c1.Cc1cc(F)c([C@H](N)C2CC2)cc1F.Cc1cc(F)c([C@H](NC(=O)[C@H]2C[C@H]3C[C@H]3N2C(=O)c2cccc(S(=O)(=O)CC(=O)O)c2)C2CC2)cc1F. The molecule has 6 saturated carbocycles. The minimum atomic E-state index is -4.15. The second kappa shape index (κ2) is 30.2. The van der Waals surface area contributed by atoms with Crippen molar-refractivity contribution in [2.45, 2.75) is 188 Å². The lowest BCUT2D eigenvalue weighted by Gasteiger charge is -2.29. The first-order chi connectivity index (χ1) is 49.3. The number of carbonyl (C=O) groups excluding carboxylic acids is 6. The van der Waals surface area contributed by atoms with Crippen LogP contribution in [-0.4, -0.2) is 150 Å². The molecular weight excluding hydrogens is 1420 g/mol. The van der Waals surface area contributed by atoms with E-state index >= 15 is 0 Å². The smallest absolute Gasteiger partial charge is 0.411 e. The first kappa shape index (κ1) is 77.2. The Bertz CT molecular complexity index is 4550. The van der Waals surface area contributed by atoms with Gasteiger partial charge in [-0.3, -0.25) is 33.7 Å². The van der Waals surface area contributed by atoms with Crippen LogP contribution in [0.15, 0.2) is 94.7 Å². The molecule has 12 atom stereocenters. The molecule has 6 N–H and O–H groups in total. The van der Waals surface area contributed by atoms with Gasteiger partial charge in [0.1, 0.15) is 58.6 Å². The number of nitrogens with one attached hydrogen (secondary N) is 2. The van der Waals surface area contributed by atoms with Crippen LogP contribution in [0.25, 0.3) is 0 Å². The summed E-state index contributed by atoms with van der Waals surface area (Å²) in [5, 5.41) is 23.7. The predicted octanol–water partition coefficient (Wildman–Crippen LogP) is 10.2. The molecule has 14 rings (SSSR count). The number of sulfone groups is 2. The van der Waals surface area contributed by atoms with E-state index in [1.807, 2.05) is 0 Å². The molecule has 5 amide bonds. The average molecular weight is 1500 g/mol. The molecule has 0 radical (unpaired) electrons. The van der Waals surface area contributed by atoms with Crippen molar-refractivity contribution in [2.24, 2.45) is 41.2 Å². The summed E-state index contributed by atoms with van der Waals surface area (Å²) in [6.07, 6.45) is 8.41. The highest BCUT2D eigenvalue weighted by Crippen LogP contribution is 2.52. The first-order valence-electron chi connectivity index (χ1n) is 34.9. The van der Waals surface area contributed by atoms with E-state index in [0.717, 1.165) is 95.2 Å². The number of likely N-dealkylation sites (tertiary alicyclic amines) is 3. The Morgan fingerprint density at radius 1 is 0.514 bits per heavy atom. The van der Waals surface area contributed by atoms with Crippen LogP contribution in [-0.2, 0) is 53.1 Å². The Morgan fingerprint density at radius 2 is 0.886 bits per heavy atom. The lowest BCUT2D eigenvalue weighted by atomic mass is 9.99. The van der Waals surface area contributed by atoms with Gasteiger partial charge in [-0.1, -0.05) is 12.1 Å². The van der Waals surface area contributed by atoms with Gasteiger partial charge in [-0.25, -0.2) is 52.8 Å². The van der Waals surface area contributed by atoms with E-state index in [-0.39, 0.29) is 103 Å². The number of benzene rings is 5. The highest BCUT2D eigenvalue weighted by atomic mass is 32.2. The van der Waals surface area contributed by atoms with E-state index in [1.165, 1.54) is 83.1 Å². The van der Waals surface area contributed by atoms with Gasteiger partial charge in [-0.2, -0.15) is 0 Å². The molecule has 0 bridgehead atoms. The van der Waals surface area contributed by atoms with Crippen LogP contribution in [0.5, 0.6) is 0 Å². The number of carboxylic acid groups (broad SMARTS) is 2. The molecule has 3 aliphatic heterocycles. The fourth-order valence-corrected chi connectivity index (χ4v) is 16.7. The maximum atomic E-state index is 14.8. The Hall–Kier alpha value is -8.90. The standard InChI is InChI=1S/C27H28F2N2O6S.C26H26F2N2O6S.C11H13F2N.C11H17NO4/c1-14-8-21(29)19(12-20(14)28)25(15-6-7-15)30-26(33)23-11-17-10-22(17)31(23)27(34)16-4-3-5-18(9-16)38(35,36)13-24(32)37-2;1-13-7-20(28)18(11-19(13)27)24(14-5-6-14)29-25(33)22-10-16-9-21(16)30(22)26(34)15-3-2-4-17(8-15)37(35,36)12-23(31)32;1-6-4-10(13)8(5-9(6)12)11(14)7-2-3-7;1-11(2,3)16-10(15)12-7-4-6(7)5-8(12)9(13)14/h3-5,8-9,12,15,17,22-23,25H,6-7,10-11,13H2,1-2H3,(H,30,33);2-4,7-8,11,14,16,21-22,24H,5-6,9-10,12H2,1H3,(H,29,33)(H,31,32);4-5,7,11H,2-3,14H2,1H3;6-8H,4-5H2,1-3H3,(H,13,14)/t17-,22-,23-,25-;16-,21-,22-,24-;11-;6-,7-,8-/m1111/s1. The Kier molecular flexibility index (Phi) is 22.2. The minimum Gasteiger partial charge on any atom is -0.480 e. The van der Waals surface area contributed by atoms with Crippen molar-refractivity contribution in [3.05, 3.63) is 164 Å². The van der Waals surface area contributed by atoms with Crippen LogP contribution in [0.2, 0.25) is 0 Å². The van der Waals surface area contributed by atoms with Crippen molar-refractivity contribution in [2.75, 3.05) is 18.6 Å². The van der Waals surface area contributed by atoms with Crippen LogP contribution < -0.4 is 16.4 Å². The van der Waals surface area contributed by atoms with Gasteiger partial charge >= 0.3 is 24.0 Å². The number of hydrogen-bond donors (Lipinski definition) is 5. The summed E-state index contributed by atoms with van der Waals surface area (Å²) >= 11 is 0. The number of ether oxygens (including phenoxy) is 2. The molecular formula is C75H84F6N6O16S2. The zero-order valence-corrected chi connectivity index (χ0v) is 60.4. The van der Waals surface area contributed by atoms with E-state index in [9.17, 15) is 81.5 Å². The van der Waals surface area contributed by atoms with Crippen LogP contribution >= 0.6 is 0 Å². The third kappa shape index (κ3) is 17.8. The van der Waals surface area contributed by atoms with E-state index in [4.69, 9.17) is 20.7 Å². The fraction of sp³-hybridized carbons (Fsp3) is 0.493. The quantitative estimate of drug-likeness (QED) is 0.0379. The van der Waals surface area contributed by atoms with E-state index in [0.29, 0.717) is 42.2 Å². The van der Waals surface area contributed by atoms with Gasteiger partial charge in [0, 0.05) is 52.0 Å². The third-order valence-corrected chi connectivity index (χ3v) is 24.0. The van der Waals surface area contributed by atoms with Crippen molar-refractivity contribution < 1.29 is 101 Å². The molecule has 9 aliphatic rings. The minimum absolute atomic E-state index is 0.0210. The molecule has 564 valence electrons. The van der Waals surface area contributed by atoms with Crippen LogP contribution in [0.3, 0.4) is 0 Å². The van der Waals surface area contributed by atoms with Gasteiger partial charge in [0.25, 0.3) is 11.8 Å². The van der Waals surface area contributed by atoms with Gasteiger partial charge in [-0.05, 0) is 244 Å². The fourth-order valence-electron chi connectivity index (χ4n) is 14.4. The first-order valence-corrected chi connectivity index (χ1v) is 38.2. The third-order valence-electron chi connectivity index (χ3n) is 20.8. The van der Waals surface area contributed by atoms with Crippen molar-refractivity contribution in [3.8, 4) is 0 Å². The largest absolute Gasteiger partial charge is 0.480 e.